The molecule has 1 aromatic carbocycles. The summed E-state index contributed by atoms with van der Waals surface area (Å²) >= 11 is 0. The SMILES string of the molecule is COCC(C)NC(=O)c1cccc(F)c1N. The van der Waals surface area contributed by atoms with Gasteiger partial charge in [0.1, 0.15) is 5.82 Å². The van der Waals surface area contributed by atoms with Gasteiger partial charge < -0.3 is 15.8 Å². The lowest BCUT2D eigenvalue weighted by molar-refractivity contribution is 0.0906. The minimum Gasteiger partial charge on any atom is -0.396 e. The number of nitrogens with one attached hydrogen (secondary N) is 1. The van der Waals surface area contributed by atoms with Gasteiger partial charge in [-0.15, -0.1) is 0 Å². The summed E-state index contributed by atoms with van der Waals surface area (Å²) in [5, 5.41) is 2.65. The largest absolute Gasteiger partial charge is 0.396 e. The van der Waals surface area contributed by atoms with Crippen molar-refractivity contribution in [1.29, 1.82) is 0 Å². The van der Waals surface area contributed by atoms with Gasteiger partial charge in [0, 0.05) is 13.2 Å². The Kier molecular flexibility index (Phi) is 4.25. The number of nitrogens with two attached hydrogens (primary N) is 1. The number of nitrogen functional groups attached to an aromatic ring is 1. The minimum atomic E-state index is -0.591. The van der Waals surface area contributed by atoms with Gasteiger partial charge in [0.05, 0.1) is 17.9 Å². The minimum absolute atomic E-state index is 0.135. The number of carbonyl (C=O) groups excluding carboxylic acids is 1. The maximum absolute atomic E-state index is 13.1. The highest BCUT2D eigenvalue weighted by atomic mass is 19.1. The van der Waals surface area contributed by atoms with E-state index in [4.69, 9.17) is 10.5 Å². The van der Waals surface area contributed by atoms with E-state index in [1.54, 1.807) is 14.0 Å². The summed E-state index contributed by atoms with van der Waals surface area (Å²) in [6.07, 6.45) is 0. The molecule has 1 amide bonds. The Morgan fingerprint density at radius 1 is 1.62 bits per heavy atom. The Morgan fingerprint density at radius 3 is 2.94 bits per heavy atom. The molecular formula is C11H15FN2O2. The normalized spacial score (nSPS) is 12.2. The first-order chi connectivity index (χ1) is 7.56. The highest BCUT2D eigenvalue weighted by molar-refractivity contribution is 5.99. The van der Waals surface area contributed by atoms with Gasteiger partial charge in [0.25, 0.3) is 5.91 Å². The molecule has 0 aliphatic heterocycles. The van der Waals surface area contributed by atoms with Crippen molar-refractivity contribution >= 4 is 11.6 Å². The van der Waals surface area contributed by atoms with Gasteiger partial charge in [0.15, 0.2) is 0 Å². The van der Waals surface area contributed by atoms with Crippen LogP contribution < -0.4 is 11.1 Å². The molecule has 1 aromatic rings. The number of carbonyl (C=O) groups is 1. The summed E-state index contributed by atoms with van der Waals surface area (Å²) < 4.78 is 18.0. The molecule has 0 saturated heterocycles. The van der Waals surface area contributed by atoms with Crippen LogP contribution in [0.2, 0.25) is 0 Å². The zero-order valence-corrected chi connectivity index (χ0v) is 9.29. The van der Waals surface area contributed by atoms with Crippen LogP contribution in [0.15, 0.2) is 18.2 Å². The van der Waals surface area contributed by atoms with Gasteiger partial charge >= 0.3 is 0 Å². The summed E-state index contributed by atoms with van der Waals surface area (Å²) in [4.78, 5) is 11.7. The first kappa shape index (κ1) is 12.4. The van der Waals surface area contributed by atoms with Gasteiger partial charge in [-0.1, -0.05) is 6.07 Å². The monoisotopic (exact) mass is 226 g/mol. The van der Waals surface area contributed by atoms with Crippen molar-refractivity contribution in [3.05, 3.63) is 29.6 Å². The van der Waals surface area contributed by atoms with Crippen LogP contribution in [0.4, 0.5) is 10.1 Å². The van der Waals surface area contributed by atoms with Crippen LogP contribution in [0.5, 0.6) is 0 Å². The van der Waals surface area contributed by atoms with Crippen molar-refractivity contribution < 1.29 is 13.9 Å². The van der Waals surface area contributed by atoms with E-state index >= 15 is 0 Å². The fraction of sp³-hybridized carbons (Fsp3) is 0.364. The average Bonchev–Trinajstić information content (AvgIpc) is 2.22. The number of hydrogen-bond donors (Lipinski definition) is 2. The molecule has 4 nitrogen and oxygen atoms in total. The van der Waals surface area contributed by atoms with Gasteiger partial charge in [-0.3, -0.25) is 4.79 Å². The molecule has 0 bridgehead atoms. The highest BCUT2D eigenvalue weighted by Crippen LogP contribution is 2.15. The Labute approximate surface area is 93.6 Å². The van der Waals surface area contributed by atoms with Gasteiger partial charge in [-0.2, -0.15) is 0 Å². The number of amides is 1. The molecule has 0 aliphatic rings. The molecule has 0 spiro atoms. The van der Waals surface area contributed by atoms with E-state index in [0.717, 1.165) is 0 Å². The number of benzene rings is 1. The molecule has 1 unspecified atom stereocenters. The predicted molar refractivity (Wildman–Crippen MR) is 59.6 cm³/mol. The topological polar surface area (TPSA) is 64.3 Å². The number of hydrogen-bond acceptors (Lipinski definition) is 3. The molecule has 0 aliphatic carbocycles. The number of ether oxygens (including phenoxy) is 1. The molecule has 1 rings (SSSR count). The Balaban J connectivity index is 2.77. The summed E-state index contributed by atoms with van der Waals surface area (Å²) in [6, 6.07) is 3.99. The highest BCUT2D eigenvalue weighted by Gasteiger charge is 2.14. The van der Waals surface area contributed by atoms with Crippen molar-refractivity contribution in [1.82, 2.24) is 5.32 Å². The summed E-state index contributed by atoms with van der Waals surface area (Å²) in [7, 11) is 1.54. The van der Waals surface area contributed by atoms with E-state index in [9.17, 15) is 9.18 Å². The maximum Gasteiger partial charge on any atom is 0.253 e. The third-order valence-electron chi connectivity index (χ3n) is 2.09. The third-order valence-corrected chi connectivity index (χ3v) is 2.09. The second kappa shape index (κ2) is 5.46. The average molecular weight is 226 g/mol. The lowest BCUT2D eigenvalue weighted by Crippen LogP contribution is -2.36. The summed E-state index contributed by atoms with van der Waals surface area (Å²) in [5.41, 5.74) is 5.47. The zero-order chi connectivity index (χ0) is 12.1. The molecule has 0 saturated carbocycles. The summed E-state index contributed by atoms with van der Waals surface area (Å²) in [5.74, 6) is -0.992. The van der Waals surface area contributed by atoms with Crippen molar-refractivity contribution in [3.63, 3.8) is 0 Å². The molecule has 0 radical (unpaired) electrons. The second-order valence-corrected chi connectivity index (χ2v) is 3.53. The molecule has 1 atom stereocenters. The van der Waals surface area contributed by atoms with Crippen LogP contribution in [0.25, 0.3) is 0 Å². The molecule has 3 N–H and O–H groups in total. The maximum atomic E-state index is 13.1. The van der Waals surface area contributed by atoms with E-state index in [0.29, 0.717) is 6.61 Å². The van der Waals surface area contributed by atoms with Crippen molar-refractivity contribution in [2.75, 3.05) is 19.5 Å². The molecule has 0 aromatic heterocycles. The van der Waals surface area contributed by atoms with E-state index in [-0.39, 0.29) is 17.3 Å². The predicted octanol–water partition coefficient (Wildman–Crippen LogP) is 1.17. The van der Waals surface area contributed by atoms with Crippen molar-refractivity contribution in [3.8, 4) is 0 Å². The van der Waals surface area contributed by atoms with E-state index < -0.39 is 11.7 Å². The number of rotatable bonds is 4. The number of halogens is 1. The third kappa shape index (κ3) is 2.93. The first-order valence-electron chi connectivity index (χ1n) is 4.90. The lowest BCUT2D eigenvalue weighted by atomic mass is 10.1. The van der Waals surface area contributed by atoms with Gasteiger partial charge in [-0.25, -0.2) is 4.39 Å². The quantitative estimate of drug-likeness (QED) is 0.757. The standard InChI is InChI=1S/C11H15FN2O2/c1-7(6-16-2)14-11(15)8-4-3-5-9(12)10(8)13/h3-5,7H,6,13H2,1-2H3,(H,14,15). The molecule has 16 heavy (non-hydrogen) atoms. The van der Waals surface area contributed by atoms with Gasteiger partial charge in [-0.05, 0) is 19.1 Å². The van der Waals surface area contributed by atoms with Crippen LogP contribution >= 0.6 is 0 Å². The van der Waals surface area contributed by atoms with Crippen molar-refractivity contribution in [2.45, 2.75) is 13.0 Å². The molecule has 0 fully saturated rings. The fourth-order valence-corrected chi connectivity index (χ4v) is 1.33. The van der Waals surface area contributed by atoms with Gasteiger partial charge in [0.2, 0.25) is 0 Å². The lowest BCUT2D eigenvalue weighted by Gasteiger charge is -2.13. The molecular weight excluding hydrogens is 211 g/mol. The second-order valence-electron chi connectivity index (χ2n) is 3.53. The molecule has 0 heterocycles. The molecule has 5 heteroatoms. The van der Waals surface area contributed by atoms with Crippen molar-refractivity contribution in [2.24, 2.45) is 0 Å². The van der Waals surface area contributed by atoms with E-state index in [2.05, 4.69) is 5.32 Å². The van der Waals surface area contributed by atoms with Crippen LogP contribution in [0.1, 0.15) is 17.3 Å². The van der Waals surface area contributed by atoms with Crippen LogP contribution in [0.3, 0.4) is 0 Å². The van der Waals surface area contributed by atoms with Crippen LogP contribution in [-0.4, -0.2) is 25.7 Å². The number of anilines is 1. The van der Waals surface area contributed by atoms with E-state index in [1.165, 1.54) is 18.2 Å². The fourth-order valence-electron chi connectivity index (χ4n) is 1.33. The zero-order valence-electron chi connectivity index (χ0n) is 9.29. The Bertz CT molecular complexity index is 382. The smallest absolute Gasteiger partial charge is 0.253 e. The van der Waals surface area contributed by atoms with E-state index in [1.807, 2.05) is 0 Å². The number of methoxy groups -OCH3 is 1. The van der Waals surface area contributed by atoms with Crippen LogP contribution in [0, 0.1) is 5.82 Å². The Hall–Kier alpha value is -1.62. The summed E-state index contributed by atoms with van der Waals surface area (Å²) in [6.45, 7) is 2.18. The number of para-hydroxylation sites is 1. The first-order valence-corrected chi connectivity index (χ1v) is 4.90. The Morgan fingerprint density at radius 2 is 2.31 bits per heavy atom. The molecule has 88 valence electrons. The van der Waals surface area contributed by atoms with Crippen LogP contribution in [-0.2, 0) is 4.74 Å².